The number of halogens is 2. The second kappa shape index (κ2) is 6.88. The summed E-state index contributed by atoms with van der Waals surface area (Å²) < 4.78 is 15.1. The summed E-state index contributed by atoms with van der Waals surface area (Å²) in [6.45, 7) is 3.47. The number of benzene rings is 1. The van der Waals surface area contributed by atoms with Crippen LogP contribution >= 0.6 is 15.9 Å². The first kappa shape index (κ1) is 16.4. The van der Waals surface area contributed by atoms with Gasteiger partial charge in [-0.05, 0) is 51.1 Å². The van der Waals surface area contributed by atoms with Gasteiger partial charge in [-0.1, -0.05) is 28.8 Å². The largest absolute Gasteiger partial charge is 0.481 e. The van der Waals surface area contributed by atoms with Crippen LogP contribution in [-0.4, -0.2) is 29.1 Å². The van der Waals surface area contributed by atoms with Crippen LogP contribution in [0, 0.1) is 5.82 Å². The number of aliphatic carboxylic acids is 1. The van der Waals surface area contributed by atoms with E-state index in [2.05, 4.69) is 20.8 Å². The van der Waals surface area contributed by atoms with Crippen molar-refractivity contribution in [1.29, 1.82) is 0 Å². The molecule has 1 heterocycles. The highest BCUT2D eigenvalue weighted by Crippen LogP contribution is 2.36. The van der Waals surface area contributed by atoms with Gasteiger partial charge in [0.15, 0.2) is 0 Å². The lowest BCUT2D eigenvalue weighted by molar-refractivity contribution is -0.140. The second-order valence-corrected chi connectivity index (χ2v) is 6.79. The Kier molecular flexibility index (Phi) is 5.38. The Balaban J connectivity index is 2.44. The van der Waals surface area contributed by atoms with Crippen LogP contribution in [-0.2, 0) is 10.3 Å². The maximum atomic E-state index is 14.3. The third kappa shape index (κ3) is 3.83. The van der Waals surface area contributed by atoms with Gasteiger partial charge in [0.1, 0.15) is 5.82 Å². The van der Waals surface area contributed by atoms with Crippen LogP contribution < -0.4 is 0 Å². The molecule has 116 valence electrons. The van der Waals surface area contributed by atoms with Gasteiger partial charge in [0.25, 0.3) is 0 Å². The van der Waals surface area contributed by atoms with Crippen LogP contribution in [0.25, 0.3) is 0 Å². The molecule has 0 aliphatic carbocycles. The highest BCUT2D eigenvalue weighted by atomic mass is 79.9. The molecule has 1 atom stereocenters. The van der Waals surface area contributed by atoms with Crippen molar-refractivity contribution < 1.29 is 14.3 Å². The maximum absolute atomic E-state index is 14.3. The van der Waals surface area contributed by atoms with Crippen molar-refractivity contribution in [3.05, 3.63) is 34.1 Å². The molecule has 0 saturated carbocycles. The minimum Gasteiger partial charge on any atom is -0.481 e. The van der Waals surface area contributed by atoms with E-state index < -0.39 is 11.5 Å². The fourth-order valence-corrected chi connectivity index (χ4v) is 3.51. The molecule has 1 aromatic carbocycles. The van der Waals surface area contributed by atoms with Crippen LogP contribution in [0.5, 0.6) is 0 Å². The molecular formula is C16H21BrFNO2. The number of likely N-dealkylation sites (tertiary alicyclic amines) is 1. The van der Waals surface area contributed by atoms with E-state index in [0.29, 0.717) is 5.56 Å². The van der Waals surface area contributed by atoms with Gasteiger partial charge in [-0.25, -0.2) is 4.39 Å². The molecule has 3 nitrogen and oxygen atoms in total. The predicted octanol–water partition coefficient (Wildman–Crippen LogP) is 4.15. The van der Waals surface area contributed by atoms with Crippen molar-refractivity contribution in [3.63, 3.8) is 0 Å². The van der Waals surface area contributed by atoms with E-state index in [1.54, 1.807) is 12.1 Å². The molecule has 0 amide bonds. The molecule has 5 heteroatoms. The molecule has 0 aromatic heterocycles. The molecule has 1 fully saturated rings. The van der Waals surface area contributed by atoms with E-state index in [1.165, 1.54) is 6.07 Å². The van der Waals surface area contributed by atoms with Gasteiger partial charge in [-0.15, -0.1) is 0 Å². The second-order valence-electron chi connectivity index (χ2n) is 5.87. The standard InChI is InChI=1S/C16H21BrFNO2/c1-16(11-15(20)21,19-8-4-2-3-5-9-19)13-10-12(17)6-7-14(13)18/h6-7,10H,2-5,8-9,11H2,1H3,(H,20,21). The Bertz CT molecular complexity index is 515. The zero-order chi connectivity index (χ0) is 15.5. The van der Waals surface area contributed by atoms with Crippen LogP contribution in [0.3, 0.4) is 0 Å². The van der Waals surface area contributed by atoms with Crippen LogP contribution in [0.2, 0.25) is 0 Å². The molecule has 1 aliphatic heterocycles. The molecule has 0 spiro atoms. The Labute approximate surface area is 133 Å². The van der Waals surface area contributed by atoms with E-state index >= 15 is 0 Å². The summed E-state index contributed by atoms with van der Waals surface area (Å²) >= 11 is 3.36. The average molecular weight is 358 g/mol. The third-order valence-electron chi connectivity index (χ3n) is 4.31. The highest BCUT2D eigenvalue weighted by Gasteiger charge is 2.38. The summed E-state index contributed by atoms with van der Waals surface area (Å²) in [4.78, 5) is 13.5. The maximum Gasteiger partial charge on any atom is 0.305 e. The smallest absolute Gasteiger partial charge is 0.305 e. The molecule has 0 bridgehead atoms. The van der Waals surface area contributed by atoms with Gasteiger partial charge >= 0.3 is 5.97 Å². The number of hydrogen-bond acceptors (Lipinski definition) is 2. The molecule has 1 saturated heterocycles. The Hall–Kier alpha value is -0.940. The van der Waals surface area contributed by atoms with E-state index in [4.69, 9.17) is 0 Å². The SMILES string of the molecule is CC(CC(=O)O)(c1cc(Br)ccc1F)N1CCCCCC1. The minimum absolute atomic E-state index is 0.0969. The topological polar surface area (TPSA) is 40.5 Å². The first-order valence-electron chi connectivity index (χ1n) is 7.36. The Morgan fingerprint density at radius 2 is 1.95 bits per heavy atom. The van der Waals surface area contributed by atoms with Crippen molar-refractivity contribution in [2.75, 3.05) is 13.1 Å². The normalized spacial score (nSPS) is 19.8. The van der Waals surface area contributed by atoms with Gasteiger partial charge < -0.3 is 5.11 Å². The summed E-state index contributed by atoms with van der Waals surface area (Å²) in [7, 11) is 0. The fraction of sp³-hybridized carbons (Fsp3) is 0.562. The van der Waals surface area contributed by atoms with Gasteiger partial charge in [0.05, 0.1) is 12.0 Å². The number of carboxylic acids is 1. The molecule has 1 aliphatic rings. The van der Waals surface area contributed by atoms with Gasteiger partial charge in [-0.2, -0.15) is 0 Å². The van der Waals surface area contributed by atoms with E-state index in [0.717, 1.165) is 43.2 Å². The summed E-state index contributed by atoms with van der Waals surface area (Å²) in [5.41, 5.74) is -0.356. The van der Waals surface area contributed by atoms with Crippen molar-refractivity contribution in [1.82, 2.24) is 4.90 Å². The average Bonchev–Trinajstić information content (AvgIpc) is 2.70. The molecule has 1 N–H and O–H groups in total. The first-order chi connectivity index (χ1) is 9.93. The van der Waals surface area contributed by atoms with Crippen molar-refractivity contribution in [2.24, 2.45) is 0 Å². The lowest BCUT2D eigenvalue weighted by Crippen LogP contribution is -2.46. The monoisotopic (exact) mass is 357 g/mol. The number of rotatable bonds is 4. The Morgan fingerprint density at radius 3 is 2.52 bits per heavy atom. The molecular weight excluding hydrogens is 337 g/mol. The Morgan fingerprint density at radius 1 is 1.33 bits per heavy atom. The van der Waals surface area contributed by atoms with E-state index in [-0.39, 0.29) is 12.2 Å². The fourth-order valence-electron chi connectivity index (χ4n) is 3.15. The molecule has 0 radical (unpaired) electrons. The summed E-state index contributed by atoms with van der Waals surface area (Å²) in [5, 5.41) is 9.31. The molecule has 2 rings (SSSR count). The van der Waals surface area contributed by atoms with Crippen LogP contribution in [0.15, 0.2) is 22.7 Å². The van der Waals surface area contributed by atoms with Gasteiger partial charge in [0, 0.05) is 10.0 Å². The first-order valence-corrected chi connectivity index (χ1v) is 8.15. The van der Waals surface area contributed by atoms with Gasteiger partial charge in [0.2, 0.25) is 0 Å². The molecule has 1 aromatic rings. The molecule has 21 heavy (non-hydrogen) atoms. The predicted molar refractivity (Wildman–Crippen MR) is 83.7 cm³/mol. The van der Waals surface area contributed by atoms with E-state index in [9.17, 15) is 14.3 Å². The quantitative estimate of drug-likeness (QED) is 0.879. The van der Waals surface area contributed by atoms with Crippen molar-refractivity contribution in [2.45, 2.75) is 44.6 Å². The zero-order valence-electron chi connectivity index (χ0n) is 12.2. The van der Waals surface area contributed by atoms with Crippen molar-refractivity contribution in [3.8, 4) is 0 Å². The van der Waals surface area contributed by atoms with Crippen molar-refractivity contribution >= 4 is 21.9 Å². The number of carbonyl (C=O) groups is 1. The van der Waals surface area contributed by atoms with Crippen LogP contribution in [0.4, 0.5) is 4.39 Å². The molecule has 1 unspecified atom stereocenters. The third-order valence-corrected chi connectivity index (χ3v) is 4.80. The number of hydrogen-bond donors (Lipinski definition) is 1. The number of nitrogens with zero attached hydrogens (tertiary/aromatic N) is 1. The van der Waals surface area contributed by atoms with Crippen LogP contribution in [0.1, 0.15) is 44.6 Å². The highest BCUT2D eigenvalue weighted by molar-refractivity contribution is 9.10. The summed E-state index contributed by atoms with van der Waals surface area (Å²) in [6, 6.07) is 4.75. The van der Waals surface area contributed by atoms with E-state index in [1.807, 2.05) is 6.92 Å². The lowest BCUT2D eigenvalue weighted by Gasteiger charge is -2.40. The zero-order valence-corrected chi connectivity index (χ0v) is 13.8. The minimum atomic E-state index is -0.902. The summed E-state index contributed by atoms with van der Waals surface area (Å²) in [6.07, 6.45) is 4.28. The van der Waals surface area contributed by atoms with Gasteiger partial charge in [-0.3, -0.25) is 9.69 Å². The summed E-state index contributed by atoms with van der Waals surface area (Å²) in [5.74, 6) is -1.24. The number of carboxylic acid groups (broad SMARTS) is 1. The lowest BCUT2D eigenvalue weighted by atomic mass is 9.86.